The van der Waals surface area contributed by atoms with Crippen LogP contribution in [0.2, 0.25) is 5.02 Å². The Bertz CT molecular complexity index is 602. The molecule has 0 saturated heterocycles. The van der Waals surface area contributed by atoms with Crippen LogP contribution in [0.5, 0.6) is 5.75 Å². The van der Waals surface area contributed by atoms with Gasteiger partial charge in [-0.25, -0.2) is 8.78 Å². The highest BCUT2D eigenvalue weighted by atomic mass is 35.5. The summed E-state index contributed by atoms with van der Waals surface area (Å²) in [5.41, 5.74) is -0.00525. The molecule has 104 valence electrons. The molecule has 20 heavy (non-hydrogen) atoms. The van der Waals surface area contributed by atoms with Crippen molar-refractivity contribution in [2.45, 2.75) is 6.61 Å². The maximum Gasteiger partial charge on any atom is 0.492 e. The van der Waals surface area contributed by atoms with E-state index in [9.17, 15) is 8.78 Å². The largest absolute Gasteiger partial charge is 0.492 e. The van der Waals surface area contributed by atoms with Crippen molar-refractivity contribution in [1.82, 2.24) is 0 Å². The lowest BCUT2D eigenvalue weighted by molar-refractivity contribution is 0.300. The van der Waals surface area contributed by atoms with Crippen LogP contribution in [0.25, 0.3) is 0 Å². The molecular weight excluding hydrogens is 288 g/mol. The van der Waals surface area contributed by atoms with Crippen LogP contribution in [0.4, 0.5) is 8.78 Å². The van der Waals surface area contributed by atoms with Gasteiger partial charge in [0.25, 0.3) is 0 Å². The topological polar surface area (TPSA) is 49.7 Å². The second kappa shape index (κ2) is 6.22. The number of ether oxygens (including phenoxy) is 1. The quantitative estimate of drug-likeness (QED) is 0.847. The second-order valence-electron chi connectivity index (χ2n) is 4.04. The van der Waals surface area contributed by atoms with Gasteiger partial charge in [-0.15, -0.1) is 0 Å². The van der Waals surface area contributed by atoms with Crippen molar-refractivity contribution < 1.29 is 23.6 Å². The third kappa shape index (κ3) is 3.28. The second-order valence-corrected chi connectivity index (χ2v) is 4.45. The van der Waals surface area contributed by atoms with Crippen molar-refractivity contribution in [2.75, 3.05) is 0 Å². The van der Waals surface area contributed by atoms with Gasteiger partial charge in [-0.3, -0.25) is 0 Å². The van der Waals surface area contributed by atoms with E-state index in [1.807, 2.05) is 0 Å². The SMILES string of the molecule is OB(O)c1cc(F)ccc1OCc1c(F)cccc1Cl. The number of halogens is 3. The summed E-state index contributed by atoms with van der Waals surface area (Å²) < 4.78 is 31.9. The molecule has 7 heteroatoms. The van der Waals surface area contributed by atoms with E-state index in [1.54, 1.807) is 0 Å². The van der Waals surface area contributed by atoms with Crippen LogP contribution >= 0.6 is 11.6 Å². The minimum Gasteiger partial charge on any atom is -0.489 e. The average molecular weight is 298 g/mol. The van der Waals surface area contributed by atoms with Gasteiger partial charge in [0.05, 0.1) is 5.02 Å². The van der Waals surface area contributed by atoms with Crippen LogP contribution in [0.3, 0.4) is 0 Å². The lowest BCUT2D eigenvalue weighted by Crippen LogP contribution is -2.31. The number of hydrogen-bond acceptors (Lipinski definition) is 3. The van der Waals surface area contributed by atoms with Crippen molar-refractivity contribution >= 4 is 24.2 Å². The predicted octanol–water partition coefficient (Wildman–Crippen LogP) is 1.88. The van der Waals surface area contributed by atoms with Crippen LogP contribution in [-0.2, 0) is 6.61 Å². The highest BCUT2D eigenvalue weighted by Gasteiger charge is 2.19. The Morgan fingerprint density at radius 1 is 1.15 bits per heavy atom. The zero-order valence-electron chi connectivity index (χ0n) is 10.2. The van der Waals surface area contributed by atoms with Crippen molar-refractivity contribution in [3.63, 3.8) is 0 Å². The Kier molecular flexibility index (Phi) is 4.59. The predicted molar refractivity (Wildman–Crippen MR) is 72.0 cm³/mol. The first kappa shape index (κ1) is 14.8. The van der Waals surface area contributed by atoms with Crippen molar-refractivity contribution in [2.24, 2.45) is 0 Å². The zero-order chi connectivity index (χ0) is 14.7. The van der Waals surface area contributed by atoms with Gasteiger partial charge in [-0.1, -0.05) is 17.7 Å². The monoisotopic (exact) mass is 298 g/mol. The molecule has 0 radical (unpaired) electrons. The Labute approximate surface area is 119 Å². The summed E-state index contributed by atoms with van der Waals surface area (Å²) in [6.45, 7) is -0.211. The Balaban J connectivity index is 2.23. The van der Waals surface area contributed by atoms with Crippen LogP contribution in [0, 0.1) is 11.6 Å². The Morgan fingerprint density at radius 2 is 1.90 bits per heavy atom. The van der Waals surface area contributed by atoms with E-state index in [0.717, 1.165) is 12.1 Å². The van der Waals surface area contributed by atoms with Crippen LogP contribution < -0.4 is 10.2 Å². The average Bonchev–Trinajstić information content (AvgIpc) is 2.39. The Morgan fingerprint density at radius 3 is 2.55 bits per heavy atom. The molecule has 2 aromatic rings. The van der Waals surface area contributed by atoms with Gasteiger partial charge in [0.2, 0.25) is 0 Å². The fraction of sp³-hybridized carbons (Fsp3) is 0.0769. The van der Waals surface area contributed by atoms with Crippen LogP contribution in [0.15, 0.2) is 36.4 Å². The van der Waals surface area contributed by atoms with E-state index in [-0.39, 0.29) is 28.4 Å². The van der Waals surface area contributed by atoms with Gasteiger partial charge in [0, 0.05) is 11.0 Å². The third-order valence-corrected chi connectivity index (χ3v) is 3.04. The van der Waals surface area contributed by atoms with Crippen molar-refractivity contribution in [3.05, 3.63) is 58.6 Å². The summed E-state index contributed by atoms with van der Waals surface area (Å²) >= 11 is 5.84. The van der Waals surface area contributed by atoms with E-state index in [0.29, 0.717) is 0 Å². The highest BCUT2D eigenvalue weighted by molar-refractivity contribution is 6.59. The smallest absolute Gasteiger partial charge is 0.489 e. The summed E-state index contributed by atoms with van der Waals surface area (Å²) in [5, 5.41) is 18.5. The molecule has 0 aliphatic heterocycles. The molecule has 0 unspecified atom stereocenters. The maximum atomic E-state index is 13.6. The van der Waals surface area contributed by atoms with Crippen LogP contribution in [-0.4, -0.2) is 17.2 Å². The molecule has 0 amide bonds. The summed E-state index contributed by atoms with van der Waals surface area (Å²) in [6.07, 6.45) is 0. The lowest BCUT2D eigenvalue weighted by Gasteiger charge is -2.12. The lowest BCUT2D eigenvalue weighted by atomic mass is 9.79. The molecule has 0 atom stereocenters. The van der Waals surface area contributed by atoms with E-state index in [1.165, 1.54) is 24.3 Å². The van der Waals surface area contributed by atoms with Crippen molar-refractivity contribution in [3.8, 4) is 5.75 Å². The van der Waals surface area contributed by atoms with Crippen LogP contribution in [0.1, 0.15) is 5.56 Å². The molecule has 0 aliphatic carbocycles. The fourth-order valence-electron chi connectivity index (χ4n) is 1.67. The van der Waals surface area contributed by atoms with E-state index >= 15 is 0 Å². The maximum absolute atomic E-state index is 13.6. The first-order valence-electron chi connectivity index (χ1n) is 5.70. The number of benzene rings is 2. The summed E-state index contributed by atoms with van der Waals surface area (Å²) in [5.74, 6) is -1.13. The van der Waals surface area contributed by atoms with E-state index < -0.39 is 18.8 Å². The molecule has 0 saturated carbocycles. The first-order chi connectivity index (χ1) is 9.49. The van der Waals surface area contributed by atoms with Crippen molar-refractivity contribution in [1.29, 1.82) is 0 Å². The number of rotatable bonds is 4. The van der Waals surface area contributed by atoms with Gasteiger partial charge >= 0.3 is 7.12 Å². The molecule has 2 N–H and O–H groups in total. The molecule has 0 spiro atoms. The minimum atomic E-state index is -1.89. The highest BCUT2D eigenvalue weighted by Crippen LogP contribution is 2.21. The summed E-state index contributed by atoms with van der Waals surface area (Å²) in [7, 11) is -1.89. The third-order valence-electron chi connectivity index (χ3n) is 2.68. The standard InChI is InChI=1S/C13H10BClF2O3/c15-11-2-1-3-12(17)9(11)7-20-13-5-4-8(16)6-10(13)14(18)19/h1-6,18-19H,7H2. The summed E-state index contributed by atoms with van der Waals surface area (Å²) in [6, 6.07) is 7.47. The molecule has 0 aromatic heterocycles. The van der Waals surface area contributed by atoms with Gasteiger partial charge in [0.1, 0.15) is 24.0 Å². The van der Waals surface area contributed by atoms with Gasteiger partial charge < -0.3 is 14.8 Å². The first-order valence-corrected chi connectivity index (χ1v) is 6.08. The number of hydrogen-bond donors (Lipinski definition) is 2. The molecule has 0 fully saturated rings. The van der Waals surface area contributed by atoms with E-state index in [4.69, 9.17) is 26.4 Å². The molecule has 0 heterocycles. The fourth-order valence-corrected chi connectivity index (χ4v) is 1.89. The Hall–Kier alpha value is -1.63. The minimum absolute atomic E-state index is 0.0423. The molecule has 3 nitrogen and oxygen atoms in total. The molecular formula is C13H10BClF2O3. The van der Waals surface area contributed by atoms with E-state index in [2.05, 4.69) is 0 Å². The van der Waals surface area contributed by atoms with Gasteiger partial charge in [-0.05, 0) is 30.3 Å². The molecule has 2 rings (SSSR count). The normalized spacial score (nSPS) is 10.4. The van der Waals surface area contributed by atoms with Gasteiger partial charge in [-0.2, -0.15) is 0 Å². The molecule has 0 bridgehead atoms. The zero-order valence-corrected chi connectivity index (χ0v) is 10.9. The molecule has 0 aliphatic rings. The molecule has 2 aromatic carbocycles. The summed E-state index contributed by atoms with van der Waals surface area (Å²) in [4.78, 5) is 0. The van der Waals surface area contributed by atoms with Gasteiger partial charge in [0.15, 0.2) is 0 Å².